The van der Waals surface area contributed by atoms with E-state index in [1.54, 1.807) is 6.07 Å². The summed E-state index contributed by atoms with van der Waals surface area (Å²) in [5, 5.41) is 0. The zero-order valence-electron chi connectivity index (χ0n) is 11.3. The van der Waals surface area contributed by atoms with Crippen LogP contribution in [0.4, 0.5) is 10.5 Å². The average molecular weight is 261 g/mol. The van der Waals surface area contributed by atoms with Crippen molar-refractivity contribution in [3.8, 4) is 0 Å². The van der Waals surface area contributed by atoms with Crippen LogP contribution in [0.3, 0.4) is 0 Å². The molecule has 0 saturated carbocycles. The molecule has 102 valence electrons. The van der Waals surface area contributed by atoms with Crippen LogP contribution in [-0.2, 0) is 16.6 Å². The van der Waals surface area contributed by atoms with E-state index in [1.165, 1.54) is 0 Å². The summed E-state index contributed by atoms with van der Waals surface area (Å²) < 4.78 is 0. The molecular weight excluding hydrogens is 242 g/mol. The smallest absolute Gasteiger partial charge is 0.326 e. The van der Waals surface area contributed by atoms with E-state index >= 15 is 0 Å². The number of hydrogen-bond acceptors (Lipinski definition) is 3. The Morgan fingerprint density at radius 3 is 2.63 bits per heavy atom. The van der Waals surface area contributed by atoms with Crippen molar-refractivity contribution in [2.24, 2.45) is 11.5 Å². The van der Waals surface area contributed by atoms with Crippen molar-refractivity contribution in [1.29, 1.82) is 0 Å². The SMILES string of the molecule is CC(C)(CN)c1ccc2c(c1)CCC(=O)N2C(N)=O. The Balaban J connectivity index is 2.48. The summed E-state index contributed by atoms with van der Waals surface area (Å²) in [5.74, 6) is -0.245. The summed E-state index contributed by atoms with van der Waals surface area (Å²) in [5.41, 5.74) is 13.6. The Morgan fingerprint density at radius 1 is 1.37 bits per heavy atom. The van der Waals surface area contributed by atoms with Crippen molar-refractivity contribution >= 4 is 17.6 Å². The lowest BCUT2D eigenvalue weighted by Crippen LogP contribution is -2.43. The van der Waals surface area contributed by atoms with Crippen LogP contribution < -0.4 is 16.4 Å². The van der Waals surface area contributed by atoms with Gasteiger partial charge in [-0.2, -0.15) is 0 Å². The lowest BCUT2D eigenvalue weighted by atomic mass is 9.83. The summed E-state index contributed by atoms with van der Waals surface area (Å²) in [6, 6.07) is 4.98. The minimum atomic E-state index is -0.725. The third-order valence-corrected chi connectivity index (χ3v) is 3.69. The van der Waals surface area contributed by atoms with Gasteiger partial charge in [0.2, 0.25) is 5.91 Å². The first-order valence-corrected chi connectivity index (χ1v) is 6.32. The number of primary amides is 1. The minimum Gasteiger partial charge on any atom is -0.351 e. The van der Waals surface area contributed by atoms with E-state index in [4.69, 9.17) is 11.5 Å². The minimum absolute atomic E-state index is 0.131. The van der Waals surface area contributed by atoms with Gasteiger partial charge in [0.05, 0.1) is 5.69 Å². The third kappa shape index (κ3) is 2.33. The molecule has 1 aliphatic heterocycles. The lowest BCUT2D eigenvalue weighted by molar-refractivity contribution is -0.118. The van der Waals surface area contributed by atoms with Gasteiger partial charge in [-0.05, 0) is 23.6 Å². The van der Waals surface area contributed by atoms with Gasteiger partial charge >= 0.3 is 6.03 Å². The Kier molecular flexibility index (Phi) is 3.32. The molecule has 1 heterocycles. The molecule has 0 aromatic heterocycles. The largest absolute Gasteiger partial charge is 0.351 e. The van der Waals surface area contributed by atoms with Crippen molar-refractivity contribution in [2.45, 2.75) is 32.1 Å². The predicted octanol–water partition coefficient (Wildman–Crippen LogP) is 1.28. The van der Waals surface area contributed by atoms with Crippen LogP contribution >= 0.6 is 0 Å². The number of carbonyl (C=O) groups excluding carboxylic acids is 2. The molecule has 1 aromatic rings. The van der Waals surface area contributed by atoms with Crippen molar-refractivity contribution in [3.05, 3.63) is 29.3 Å². The summed E-state index contributed by atoms with van der Waals surface area (Å²) >= 11 is 0. The lowest BCUT2D eigenvalue weighted by Gasteiger charge is -2.29. The van der Waals surface area contributed by atoms with E-state index in [0.29, 0.717) is 25.1 Å². The molecule has 0 radical (unpaired) electrons. The maximum absolute atomic E-state index is 11.7. The number of imide groups is 1. The molecule has 5 heteroatoms. The first-order valence-electron chi connectivity index (χ1n) is 6.32. The molecule has 0 spiro atoms. The normalized spacial score (nSPS) is 15.3. The summed E-state index contributed by atoms with van der Waals surface area (Å²) in [4.78, 5) is 24.2. The monoisotopic (exact) mass is 261 g/mol. The van der Waals surface area contributed by atoms with Crippen molar-refractivity contribution in [1.82, 2.24) is 0 Å². The molecule has 19 heavy (non-hydrogen) atoms. The van der Waals surface area contributed by atoms with Gasteiger partial charge < -0.3 is 11.5 Å². The molecule has 2 rings (SSSR count). The number of carbonyl (C=O) groups is 2. The van der Waals surface area contributed by atoms with Crippen molar-refractivity contribution in [3.63, 3.8) is 0 Å². The molecular formula is C14H19N3O2. The van der Waals surface area contributed by atoms with Gasteiger partial charge in [0.1, 0.15) is 0 Å². The first kappa shape index (κ1) is 13.5. The molecule has 0 bridgehead atoms. The number of nitrogens with zero attached hydrogens (tertiary/aromatic N) is 1. The van der Waals surface area contributed by atoms with E-state index in [9.17, 15) is 9.59 Å². The van der Waals surface area contributed by atoms with Crippen molar-refractivity contribution in [2.75, 3.05) is 11.4 Å². The van der Waals surface area contributed by atoms with Crippen LogP contribution in [0.1, 0.15) is 31.4 Å². The van der Waals surface area contributed by atoms with Gasteiger partial charge in [-0.3, -0.25) is 4.79 Å². The number of urea groups is 1. The number of amides is 3. The number of benzene rings is 1. The van der Waals surface area contributed by atoms with E-state index in [2.05, 4.69) is 13.8 Å². The van der Waals surface area contributed by atoms with Gasteiger partial charge in [0.15, 0.2) is 0 Å². The molecule has 5 nitrogen and oxygen atoms in total. The Labute approximate surface area is 112 Å². The van der Waals surface area contributed by atoms with Crippen LogP contribution in [0.2, 0.25) is 0 Å². The van der Waals surface area contributed by atoms with E-state index in [-0.39, 0.29) is 11.3 Å². The molecule has 0 saturated heterocycles. The number of fused-ring (bicyclic) bond motifs is 1. The van der Waals surface area contributed by atoms with Gasteiger partial charge in [0, 0.05) is 18.4 Å². The van der Waals surface area contributed by atoms with Crippen molar-refractivity contribution < 1.29 is 9.59 Å². The molecule has 0 unspecified atom stereocenters. The van der Waals surface area contributed by atoms with Crippen LogP contribution in [0.25, 0.3) is 0 Å². The molecule has 4 N–H and O–H groups in total. The zero-order valence-corrected chi connectivity index (χ0v) is 11.3. The van der Waals surface area contributed by atoms with Gasteiger partial charge in [-0.25, -0.2) is 9.69 Å². The highest BCUT2D eigenvalue weighted by atomic mass is 16.2. The fraction of sp³-hybridized carbons (Fsp3) is 0.429. The number of hydrogen-bond donors (Lipinski definition) is 2. The number of nitrogens with two attached hydrogens (primary N) is 2. The fourth-order valence-corrected chi connectivity index (χ4v) is 2.27. The molecule has 1 aromatic carbocycles. The summed E-state index contributed by atoms with van der Waals surface area (Å²) in [6.07, 6.45) is 0.939. The highest BCUT2D eigenvalue weighted by Crippen LogP contribution is 2.32. The van der Waals surface area contributed by atoms with Gasteiger partial charge in [-0.1, -0.05) is 26.0 Å². The van der Waals surface area contributed by atoms with Gasteiger partial charge in [-0.15, -0.1) is 0 Å². The van der Waals surface area contributed by atoms with Gasteiger partial charge in [0.25, 0.3) is 0 Å². The number of aryl methyl sites for hydroxylation is 1. The Morgan fingerprint density at radius 2 is 2.05 bits per heavy atom. The number of anilines is 1. The third-order valence-electron chi connectivity index (χ3n) is 3.69. The highest BCUT2D eigenvalue weighted by Gasteiger charge is 2.29. The highest BCUT2D eigenvalue weighted by molar-refractivity contribution is 6.15. The molecule has 0 atom stereocenters. The summed E-state index contributed by atoms with van der Waals surface area (Å²) in [6.45, 7) is 4.66. The Hall–Kier alpha value is -1.88. The zero-order chi connectivity index (χ0) is 14.2. The van der Waals surface area contributed by atoms with E-state index < -0.39 is 6.03 Å². The van der Waals surface area contributed by atoms with Crippen LogP contribution in [0.15, 0.2) is 18.2 Å². The first-order chi connectivity index (χ1) is 8.86. The second kappa shape index (κ2) is 4.66. The van der Waals surface area contributed by atoms with Crippen LogP contribution in [-0.4, -0.2) is 18.5 Å². The van der Waals surface area contributed by atoms with E-state index in [1.807, 2.05) is 12.1 Å². The molecule has 3 amide bonds. The second-order valence-corrected chi connectivity index (χ2v) is 5.50. The second-order valence-electron chi connectivity index (χ2n) is 5.50. The summed E-state index contributed by atoms with van der Waals surface area (Å²) in [7, 11) is 0. The Bertz CT molecular complexity index is 537. The maximum atomic E-state index is 11.7. The van der Waals surface area contributed by atoms with Crippen LogP contribution in [0.5, 0.6) is 0 Å². The average Bonchev–Trinajstić information content (AvgIpc) is 2.37. The van der Waals surface area contributed by atoms with Crippen LogP contribution in [0, 0.1) is 0 Å². The topological polar surface area (TPSA) is 89.4 Å². The molecule has 1 aliphatic rings. The quantitative estimate of drug-likeness (QED) is 0.840. The standard InChI is InChI=1S/C14H19N3O2/c1-14(2,8-15)10-4-5-11-9(7-10)3-6-12(18)17(11)13(16)19/h4-5,7H,3,6,8,15H2,1-2H3,(H2,16,19). The fourth-order valence-electron chi connectivity index (χ4n) is 2.27. The van der Waals surface area contributed by atoms with E-state index in [0.717, 1.165) is 16.0 Å². The predicted molar refractivity (Wildman–Crippen MR) is 73.9 cm³/mol. The number of rotatable bonds is 2. The molecule has 0 fully saturated rings. The maximum Gasteiger partial charge on any atom is 0.326 e. The molecule has 0 aliphatic carbocycles.